The van der Waals surface area contributed by atoms with Gasteiger partial charge in [0.15, 0.2) is 6.29 Å². The first kappa shape index (κ1) is 26.9. The Labute approximate surface area is 225 Å². The van der Waals surface area contributed by atoms with Gasteiger partial charge < -0.3 is 29.2 Å². The molecule has 2 aliphatic heterocycles. The van der Waals surface area contributed by atoms with Crippen LogP contribution in [0.15, 0.2) is 11.6 Å². The lowest BCUT2D eigenvalue weighted by Crippen LogP contribution is -2.64. The Balaban J connectivity index is 1.17. The first-order valence-corrected chi connectivity index (χ1v) is 14.7. The Morgan fingerprint density at radius 3 is 2.47 bits per heavy atom. The van der Waals surface area contributed by atoms with Crippen LogP contribution in [-0.2, 0) is 28.5 Å². The van der Waals surface area contributed by atoms with Crippen LogP contribution in [0.4, 0.5) is 0 Å². The molecule has 6 aliphatic rings. The Morgan fingerprint density at radius 2 is 1.76 bits per heavy atom. The maximum atomic E-state index is 14.4. The molecule has 4 saturated carbocycles. The van der Waals surface area contributed by atoms with Crippen molar-refractivity contribution in [1.29, 1.82) is 0 Å². The number of carbonyl (C=O) groups excluding carboxylic acids is 2. The largest absolute Gasteiger partial charge is 0.458 e. The minimum Gasteiger partial charge on any atom is -0.458 e. The molecule has 12 atom stereocenters. The molecule has 0 aromatic carbocycles. The van der Waals surface area contributed by atoms with Gasteiger partial charge in [-0.1, -0.05) is 13.8 Å². The normalized spacial score (nSPS) is 52.6. The summed E-state index contributed by atoms with van der Waals surface area (Å²) in [6.07, 6.45) is 6.07. The number of esters is 1. The summed E-state index contributed by atoms with van der Waals surface area (Å²) in [6.45, 7) is 6.68. The van der Waals surface area contributed by atoms with Gasteiger partial charge in [-0.05, 0) is 93.5 Å². The van der Waals surface area contributed by atoms with Gasteiger partial charge in [-0.25, -0.2) is 4.79 Å². The highest BCUT2D eigenvalue weighted by Gasteiger charge is 2.67. The summed E-state index contributed by atoms with van der Waals surface area (Å²) >= 11 is 0. The Kier molecular flexibility index (Phi) is 6.63. The van der Waals surface area contributed by atoms with Crippen molar-refractivity contribution in [2.45, 2.75) is 115 Å². The van der Waals surface area contributed by atoms with Crippen LogP contribution >= 0.6 is 0 Å². The van der Waals surface area contributed by atoms with Crippen molar-refractivity contribution in [2.24, 2.45) is 34.0 Å². The van der Waals surface area contributed by atoms with Gasteiger partial charge in [0.05, 0.1) is 12.2 Å². The average molecular weight is 533 g/mol. The minimum atomic E-state index is -1.05. The molecule has 0 unspecified atom stereocenters. The molecule has 5 fully saturated rings. The van der Waals surface area contributed by atoms with E-state index >= 15 is 0 Å². The van der Waals surface area contributed by atoms with Crippen LogP contribution in [-0.4, -0.2) is 72.5 Å². The minimum absolute atomic E-state index is 0.0335. The molecule has 8 heteroatoms. The number of aliphatic hydroxyl groups excluding tert-OH is 2. The number of hydrogen-bond acceptors (Lipinski definition) is 8. The predicted octanol–water partition coefficient (Wildman–Crippen LogP) is 3.32. The van der Waals surface area contributed by atoms with Gasteiger partial charge in [-0.3, -0.25) is 4.79 Å². The number of ether oxygens (including phenoxy) is 4. The van der Waals surface area contributed by atoms with Crippen molar-refractivity contribution in [3.05, 3.63) is 11.6 Å². The van der Waals surface area contributed by atoms with Crippen LogP contribution in [0.5, 0.6) is 0 Å². The standard InChI is InChI=1S/C30H44O8/c1-16-23(32)25(35-4)24(33)26(37-16)38-19-6-9-28(2)18(14-19)5-11-30-12-7-20(17-13-22(31)36-15-17)29(3,27(30)34)10-8-21(28)30/h13,16,18-21,23-26,32-33H,5-12,14-15H2,1-4H3/t16-,18+,19-,20+,21+,23-,24-,25+,26+,28-,29+,30+/m0/s1. The number of methoxy groups -OCH3 is 1. The van der Waals surface area contributed by atoms with E-state index in [1.54, 1.807) is 13.0 Å². The molecule has 2 bridgehead atoms. The van der Waals surface area contributed by atoms with E-state index < -0.39 is 36.1 Å². The van der Waals surface area contributed by atoms with Gasteiger partial charge in [-0.2, -0.15) is 0 Å². The fourth-order valence-electron chi connectivity index (χ4n) is 9.88. The Bertz CT molecular complexity index is 1010. The Hall–Kier alpha value is -1.32. The van der Waals surface area contributed by atoms with Crippen LogP contribution in [0.25, 0.3) is 0 Å². The van der Waals surface area contributed by atoms with E-state index in [9.17, 15) is 19.8 Å². The molecular formula is C30H44O8. The summed E-state index contributed by atoms with van der Waals surface area (Å²) in [4.78, 5) is 26.2. The lowest BCUT2D eigenvalue weighted by Gasteiger charge is -2.66. The molecule has 212 valence electrons. The summed E-state index contributed by atoms with van der Waals surface area (Å²) in [7, 11) is 1.48. The molecule has 4 aliphatic carbocycles. The van der Waals surface area contributed by atoms with E-state index in [0.717, 1.165) is 63.4 Å². The summed E-state index contributed by atoms with van der Waals surface area (Å²) < 4.78 is 22.8. The van der Waals surface area contributed by atoms with Gasteiger partial charge in [0.1, 0.15) is 30.7 Å². The first-order chi connectivity index (χ1) is 18.0. The zero-order chi connectivity index (χ0) is 27.0. The Morgan fingerprint density at radius 1 is 1.00 bits per heavy atom. The fraction of sp³-hybridized carbons (Fsp3) is 0.867. The van der Waals surface area contributed by atoms with Crippen LogP contribution in [0.1, 0.15) is 78.6 Å². The van der Waals surface area contributed by atoms with Crippen molar-refractivity contribution in [3.63, 3.8) is 0 Å². The molecule has 0 radical (unpaired) electrons. The smallest absolute Gasteiger partial charge is 0.331 e. The number of rotatable bonds is 4. The summed E-state index contributed by atoms with van der Waals surface area (Å²) in [5.41, 5.74) is 0.428. The highest BCUT2D eigenvalue weighted by atomic mass is 16.7. The monoisotopic (exact) mass is 532 g/mol. The number of Topliss-reactive ketones (excluding diaryl/α,β-unsaturated/α-hetero) is 1. The second-order valence-corrected chi connectivity index (χ2v) is 13.6. The molecule has 1 saturated heterocycles. The van der Waals surface area contributed by atoms with Crippen LogP contribution < -0.4 is 0 Å². The summed E-state index contributed by atoms with van der Waals surface area (Å²) in [5.74, 6) is 1.11. The van der Waals surface area contributed by atoms with Crippen molar-refractivity contribution in [1.82, 2.24) is 0 Å². The van der Waals surface area contributed by atoms with E-state index in [0.29, 0.717) is 24.2 Å². The fourth-order valence-corrected chi connectivity index (χ4v) is 9.88. The van der Waals surface area contributed by atoms with Gasteiger partial charge in [0.25, 0.3) is 0 Å². The number of cyclic esters (lactones) is 1. The SMILES string of the molecule is CO[C@H]1[C@H](O)[C@@H](O[C@H]2CC[C@@]3(C)[C@H](CC[C@@]45CC[C@H](C6=CC(=O)OC6)[C@@](C)(CC[C@@H]43)C5=O)C2)O[C@@H](C)[C@@H]1O. The zero-order valence-corrected chi connectivity index (χ0v) is 23.2. The van der Waals surface area contributed by atoms with E-state index in [1.165, 1.54) is 7.11 Å². The molecule has 0 aromatic heterocycles. The van der Waals surface area contributed by atoms with Crippen LogP contribution in [0.3, 0.4) is 0 Å². The lowest BCUT2D eigenvalue weighted by atomic mass is 9.37. The molecule has 0 amide bonds. The van der Waals surface area contributed by atoms with Crippen molar-refractivity contribution < 1.29 is 38.7 Å². The summed E-state index contributed by atoms with van der Waals surface area (Å²) in [6, 6.07) is 0. The zero-order valence-electron chi connectivity index (χ0n) is 23.2. The lowest BCUT2D eigenvalue weighted by molar-refractivity contribution is -0.313. The molecule has 2 N–H and O–H groups in total. The molecule has 6 rings (SSSR count). The predicted molar refractivity (Wildman–Crippen MR) is 137 cm³/mol. The topological polar surface area (TPSA) is 112 Å². The van der Waals surface area contributed by atoms with Crippen LogP contribution in [0.2, 0.25) is 0 Å². The van der Waals surface area contributed by atoms with Crippen molar-refractivity contribution >= 4 is 11.8 Å². The number of carbonyl (C=O) groups is 2. The number of aliphatic hydroxyl groups is 2. The second-order valence-electron chi connectivity index (χ2n) is 13.6. The quantitative estimate of drug-likeness (QED) is 0.419. The molecular weight excluding hydrogens is 488 g/mol. The van der Waals surface area contributed by atoms with Gasteiger partial charge in [0, 0.05) is 24.0 Å². The molecule has 38 heavy (non-hydrogen) atoms. The third-order valence-corrected chi connectivity index (χ3v) is 12.0. The highest BCUT2D eigenvalue weighted by molar-refractivity contribution is 5.93. The third-order valence-electron chi connectivity index (χ3n) is 12.0. The average Bonchev–Trinajstić information content (AvgIpc) is 3.30. The van der Waals surface area contributed by atoms with E-state index in [1.807, 2.05) is 0 Å². The van der Waals surface area contributed by atoms with Gasteiger partial charge >= 0.3 is 5.97 Å². The molecule has 8 nitrogen and oxygen atoms in total. The van der Waals surface area contributed by atoms with Crippen LogP contribution in [0, 0.1) is 34.0 Å². The number of fused-ring (bicyclic) bond motifs is 3. The van der Waals surface area contributed by atoms with E-state index in [4.69, 9.17) is 18.9 Å². The maximum absolute atomic E-state index is 14.4. The molecule has 0 aromatic rings. The number of hydrogen-bond donors (Lipinski definition) is 2. The van der Waals surface area contributed by atoms with E-state index in [2.05, 4.69) is 13.8 Å². The highest BCUT2D eigenvalue weighted by Crippen LogP contribution is 2.70. The van der Waals surface area contributed by atoms with Crippen molar-refractivity contribution in [3.8, 4) is 0 Å². The third kappa shape index (κ3) is 3.80. The number of ketones is 1. The maximum Gasteiger partial charge on any atom is 0.331 e. The molecule has 1 spiro atoms. The molecule has 2 heterocycles. The van der Waals surface area contributed by atoms with E-state index in [-0.39, 0.29) is 28.8 Å². The second kappa shape index (κ2) is 9.37. The summed E-state index contributed by atoms with van der Waals surface area (Å²) in [5, 5.41) is 21.1. The van der Waals surface area contributed by atoms with Crippen molar-refractivity contribution in [2.75, 3.05) is 13.7 Å². The van der Waals surface area contributed by atoms with Gasteiger partial charge in [0.2, 0.25) is 0 Å². The first-order valence-electron chi connectivity index (χ1n) is 14.7. The van der Waals surface area contributed by atoms with Gasteiger partial charge in [-0.15, -0.1) is 0 Å².